The first-order chi connectivity index (χ1) is 11.3. The molecule has 0 saturated carbocycles. The second-order valence-corrected chi connectivity index (χ2v) is 11.3. The average Bonchev–Trinajstić information content (AvgIpc) is 2.42. The Labute approximate surface area is 163 Å². The minimum Gasteiger partial charge on any atom is -0.315 e. The van der Waals surface area contributed by atoms with Gasteiger partial charge in [-0.1, -0.05) is 13.8 Å². The molecule has 0 amide bonds. The fourth-order valence-electron chi connectivity index (χ4n) is 4.29. The van der Waals surface area contributed by atoms with E-state index in [9.17, 15) is 4.79 Å². The van der Waals surface area contributed by atoms with Crippen molar-refractivity contribution >= 4 is 5.78 Å². The van der Waals surface area contributed by atoms with Crippen LogP contribution in [-0.2, 0) is 4.79 Å². The van der Waals surface area contributed by atoms with Crippen LogP contribution in [0.3, 0.4) is 0 Å². The second kappa shape index (κ2) is 8.28. The number of Topliss-reactive ketones (excluding diaryl/α,β-unsaturated/α-hetero) is 1. The van der Waals surface area contributed by atoms with Crippen LogP contribution < -0.4 is 10.6 Å². The summed E-state index contributed by atoms with van der Waals surface area (Å²) in [6, 6.07) is 0. The van der Waals surface area contributed by atoms with Crippen molar-refractivity contribution in [1.29, 1.82) is 0 Å². The van der Waals surface area contributed by atoms with Gasteiger partial charge in [0.15, 0.2) is 0 Å². The monoisotopic (exact) mass is 369 g/mol. The zero-order valence-electron chi connectivity index (χ0n) is 20.0. The van der Waals surface area contributed by atoms with Crippen LogP contribution in [0.25, 0.3) is 0 Å². The van der Waals surface area contributed by atoms with E-state index in [1.54, 1.807) is 6.92 Å². The smallest absolute Gasteiger partial charge is 0.135 e. The minimum absolute atomic E-state index is 0.0152. The standard InChI is InChI=1S/C22H47N3O/c1-17(26)18(2,3)14-21(8,9)25(16-20(6,7)24-13)22(10,11)15-19(4,5)23-12/h23-24H,14-16H2,1-13H3. The van der Waals surface area contributed by atoms with Gasteiger partial charge >= 0.3 is 0 Å². The summed E-state index contributed by atoms with van der Waals surface area (Å²) >= 11 is 0. The van der Waals surface area contributed by atoms with Gasteiger partial charge in [-0.3, -0.25) is 9.69 Å². The third-order valence-electron chi connectivity index (χ3n) is 6.07. The number of likely N-dealkylation sites (N-methyl/N-ethyl adjacent to an activating group) is 1. The van der Waals surface area contributed by atoms with Gasteiger partial charge in [0, 0.05) is 34.1 Å². The molecule has 0 aliphatic rings. The first kappa shape index (κ1) is 25.6. The van der Waals surface area contributed by atoms with E-state index < -0.39 is 0 Å². The number of carbonyl (C=O) groups excluding carboxylic acids is 1. The topological polar surface area (TPSA) is 44.4 Å². The molecule has 0 aromatic heterocycles. The number of nitrogens with one attached hydrogen (secondary N) is 2. The highest BCUT2D eigenvalue weighted by molar-refractivity contribution is 5.81. The molecule has 0 aromatic rings. The molecule has 2 N–H and O–H groups in total. The van der Waals surface area contributed by atoms with Crippen molar-refractivity contribution in [1.82, 2.24) is 15.5 Å². The molecule has 4 nitrogen and oxygen atoms in total. The van der Waals surface area contributed by atoms with Gasteiger partial charge in [-0.05, 0) is 89.3 Å². The number of ketones is 1. The van der Waals surface area contributed by atoms with E-state index in [1.807, 2.05) is 14.1 Å². The Morgan fingerprint density at radius 2 is 1.12 bits per heavy atom. The SMILES string of the molecule is CNC(C)(C)CN(C(C)(C)CC(C)(C)NC)C(C)(C)CC(C)(C)C(C)=O. The molecule has 0 rings (SSSR count). The molecule has 0 atom stereocenters. The van der Waals surface area contributed by atoms with E-state index in [4.69, 9.17) is 0 Å². The molecule has 0 bridgehead atoms. The fraction of sp³-hybridized carbons (Fsp3) is 0.955. The molecule has 0 spiro atoms. The molecule has 4 heteroatoms. The second-order valence-electron chi connectivity index (χ2n) is 11.3. The molecular formula is C22H47N3O. The van der Waals surface area contributed by atoms with Crippen molar-refractivity contribution < 1.29 is 4.79 Å². The molecule has 0 heterocycles. The van der Waals surface area contributed by atoms with Crippen molar-refractivity contribution in [2.75, 3.05) is 20.6 Å². The highest BCUT2D eigenvalue weighted by Gasteiger charge is 2.45. The molecule has 156 valence electrons. The maximum atomic E-state index is 12.2. The third-order valence-corrected chi connectivity index (χ3v) is 6.07. The van der Waals surface area contributed by atoms with E-state index in [1.165, 1.54) is 0 Å². The number of rotatable bonds is 11. The van der Waals surface area contributed by atoms with Crippen molar-refractivity contribution in [2.24, 2.45) is 5.41 Å². The Morgan fingerprint density at radius 3 is 1.46 bits per heavy atom. The number of nitrogens with zero attached hydrogens (tertiary/aromatic N) is 1. The quantitative estimate of drug-likeness (QED) is 0.572. The van der Waals surface area contributed by atoms with Crippen LogP contribution in [0.2, 0.25) is 0 Å². The van der Waals surface area contributed by atoms with Gasteiger partial charge in [0.2, 0.25) is 0 Å². The maximum absolute atomic E-state index is 12.2. The highest BCUT2D eigenvalue weighted by atomic mass is 16.1. The van der Waals surface area contributed by atoms with Gasteiger partial charge in [0.1, 0.15) is 5.78 Å². The van der Waals surface area contributed by atoms with Crippen LogP contribution in [0.4, 0.5) is 0 Å². The van der Waals surface area contributed by atoms with Gasteiger partial charge < -0.3 is 10.6 Å². The zero-order chi connectivity index (χ0) is 21.2. The minimum atomic E-state index is -0.333. The van der Waals surface area contributed by atoms with Crippen molar-refractivity contribution in [2.45, 2.75) is 111 Å². The van der Waals surface area contributed by atoms with E-state index in [0.29, 0.717) is 0 Å². The van der Waals surface area contributed by atoms with Crippen molar-refractivity contribution in [3.05, 3.63) is 0 Å². The normalized spacial score (nSPS) is 14.8. The van der Waals surface area contributed by atoms with E-state index in [-0.39, 0.29) is 33.4 Å². The first-order valence-electron chi connectivity index (χ1n) is 9.99. The summed E-state index contributed by atoms with van der Waals surface area (Å²) in [6.45, 7) is 25.0. The van der Waals surface area contributed by atoms with Gasteiger partial charge in [-0.2, -0.15) is 0 Å². The molecule has 0 saturated heterocycles. The van der Waals surface area contributed by atoms with Crippen molar-refractivity contribution in [3.8, 4) is 0 Å². The maximum Gasteiger partial charge on any atom is 0.135 e. The Bertz CT molecular complexity index is 476. The van der Waals surface area contributed by atoms with Gasteiger partial charge in [0.25, 0.3) is 0 Å². The number of hydrogen-bond donors (Lipinski definition) is 2. The van der Waals surface area contributed by atoms with Crippen LogP contribution in [0.15, 0.2) is 0 Å². The Kier molecular flexibility index (Phi) is 8.14. The molecule has 0 fully saturated rings. The lowest BCUT2D eigenvalue weighted by Crippen LogP contribution is -2.64. The van der Waals surface area contributed by atoms with Crippen LogP contribution in [0, 0.1) is 5.41 Å². The Morgan fingerprint density at radius 1 is 0.731 bits per heavy atom. The lowest BCUT2D eigenvalue weighted by atomic mass is 9.73. The summed E-state index contributed by atoms with van der Waals surface area (Å²) in [5.74, 6) is 0.256. The lowest BCUT2D eigenvalue weighted by molar-refractivity contribution is -0.128. The third kappa shape index (κ3) is 7.28. The molecule has 0 aliphatic carbocycles. The largest absolute Gasteiger partial charge is 0.315 e. The summed E-state index contributed by atoms with van der Waals surface area (Å²) in [7, 11) is 4.05. The summed E-state index contributed by atoms with van der Waals surface area (Å²) in [5, 5.41) is 6.90. The lowest BCUT2D eigenvalue weighted by Gasteiger charge is -2.55. The van der Waals surface area contributed by atoms with Crippen LogP contribution in [-0.4, -0.2) is 53.5 Å². The predicted octanol–water partition coefficient (Wildman–Crippen LogP) is 4.24. The van der Waals surface area contributed by atoms with E-state index >= 15 is 0 Å². The van der Waals surface area contributed by atoms with Gasteiger partial charge in [-0.25, -0.2) is 0 Å². The molecular weight excluding hydrogens is 322 g/mol. The predicted molar refractivity (Wildman–Crippen MR) is 115 cm³/mol. The number of carbonyl (C=O) groups is 1. The molecule has 0 radical (unpaired) electrons. The Hall–Kier alpha value is -0.450. The number of hydrogen-bond acceptors (Lipinski definition) is 4. The van der Waals surface area contributed by atoms with Crippen LogP contribution in [0.1, 0.15) is 89.0 Å². The fourth-order valence-corrected chi connectivity index (χ4v) is 4.29. The van der Waals surface area contributed by atoms with Crippen LogP contribution >= 0.6 is 0 Å². The van der Waals surface area contributed by atoms with Crippen LogP contribution in [0.5, 0.6) is 0 Å². The summed E-state index contributed by atoms with van der Waals surface area (Å²) < 4.78 is 0. The summed E-state index contributed by atoms with van der Waals surface area (Å²) in [5.41, 5.74) is -0.454. The van der Waals surface area contributed by atoms with Gasteiger partial charge in [0.05, 0.1) is 0 Å². The van der Waals surface area contributed by atoms with E-state index in [2.05, 4.69) is 84.8 Å². The van der Waals surface area contributed by atoms with Gasteiger partial charge in [-0.15, -0.1) is 0 Å². The zero-order valence-corrected chi connectivity index (χ0v) is 20.0. The summed E-state index contributed by atoms with van der Waals surface area (Å²) in [6.07, 6.45) is 1.85. The highest BCUT2D eigenvalue weighted by Crippen LogP contribution is 2.39. The molecule has 0 unspecified atom stereocenters. The first-order valence-corrected chi connectivity index (χ1v) is 9.99. The molecule has 0 aliphatic heterocycles. The molecule has 26 heavy (non-hydrogen) atoms. The Balaban J connectivity index is 5.97. The molecule has 0 aromatic carbocycles. The summed E-state index contributed by atoms with van der Waals surface area (Å²) in [4.78, 5) is 14.8. The average molecular weight is 370 g/mol. The van der Waals surface area contributed by atoms with E-state index in [0.717, 1.165) is 19.4 Å². The van der Waals surface area contributed by atoms with Crippen molar-refractivity contribution in [3.63, 3.8) is 0 Å².